The molecule has 1 atom stereocenters. The molecule has 3 rings (SSSR count). The number of benzene rings is 3. The van der Waals surface area contributed by atoms with E-state index in [2.05, 4.69) is 21.3 Å². The van der Waals surface area contributed by atoms with Gasteiger partial charge in [0.1, 0.15) is 11.5 Å². The summed E-state index contributed by atoms with van der Waals surface area (Å²) in [5, 5.41) is 20.5. The number of hydrogen-bond donors (Lipinski definition) is 5. The van der Waals surface area contributed by atoms with Gasteiger partial charge in [-0.3, -0.25) is 14.4 Å². The van der Waals surface area contributed by atoms with Gasteiger partial charge in [-0.15, -0.1) is 0 Å². The van der Waals surface area contributed by atoms with Crippen molar-refractivity contribution in [2.45, 2.75) is 32.7 Å². The van der Waals surface area contributed by atoms with Gasteiger partial charge in [-0.25, -0.2) is 4.79 Å². The predicted molar refractivity (Wildman–Crippen MR) is 149 cm³/mol. The van der Waals surface area contributed by atoms with E-state index in [9.17, 15) is 24.3 Å². The van der Waals surface area contributed by atoms with E-state index in [1.807, 2.05) is 25.1 Å². The first-order valence-electron chi connectivity index (χ1n) is 12.3. The number of amides is 3. The Balaban J connectivity index is 1.60. The topological polar surface area (TPSA) is 146 Å². The van der Waals surface area contributed by atoms with Crippen LogP contribution in [0.15, 0.2) is 66.7 Å². The summed E-state index contributed by atoms with van der Waals surface area (Å²) in [5.41, 5.74) is 4.00. The molecule has 3 aromatic rings. The van der Waals surface area contributed by atoms with Crippen LogP contribution in [0.25, 0.3) is 0 Å². The molecule has 0 aliphatic rings. The zero-order valence-corrected chi connectivity index (χ0v) is 22.0. The Morgan fingerprint density at radius 2 is 1.59 bits per heavy atom. The van der Waals surface area contributed by atoms with Crippen LogP contribution >= 0.6 is 0 Å². The van der Waals surface area contributed by atoms with Crippen molar-refractivity contribution in [3.8, 4) is 5.75 Å². The first-order chi connectivity index (χ1) is 18.6. The molecule has 5 N–H and O–H groups in total. The molecule has 0 saturated carbocycles. The molecule has 3 amide bonds. The smallest absolute Gasteiger partial charge is 0.323 e. The number of methoxy groups -OCH3 is 1. The zero-order valence-electron chi connectivity index (χ0n) is 22.0. The van der Waals surface area contributed by atoms with E-state index in [-0.39, 0.29) is 31.1 Å². The number of urea groups is 1. The number of ether oxygens (including phenoxy) is 1. The molecule has 39 heavy (non-hydrogen) atoms. The highest BCUT2D eigenvalue weighted by atomic mass is 16.5. The summed E-state index contributed by atoms with van der Waals surface area (Å²) < 4.78 is 5.42. The van der Waals surface area contributed by atoms with Crippen molar-refractivity contribution in [3.63, 3.8) is 0 Å². The number of para-hydroxylation sites is 1. The van der Waals surface area contributed by atoms with E-state index in [0.29, 0.717) is 33.9 Å². The van der Waals surface area contributed by atoms with E-state index in [4.69, 9.17) is 4.74 Å². The molecular weight excluding hydrogens is 500 g/mol. The van der Waals surface area contributed by atoms with Gasteiger partial charge in [0.05, 0.1) is 32.2 Å². The highest BCUT2D eigenvalue weighted by molar-refractivity contribution is 6.01. The molecule has 0 radical (unpaired) electrons. The van der Waals surface area contributed by atoms with E-state index in [1.165, 1.54) is 14.0 Å². The predicted octanol–water partition coefficient (Wildman–Crippen LogP) is 4.52. The number of carboxylic acids is 1. The summed E-state index contributed by atoms with van der Waals surface area (Å²) in [6.07, 6.45) is -0.116. The zero-order chi connectivity index (χ0) is 28.4. The summed E-state index contributed by atoms with van der Waals surface area (Å²) >= 11 is 0. The minimum atomic E-state index is -0.989. The molecule has 10 heteroatoms. The molecule has 0 bridgehead atoms. The molecule has 204 valence electrons. The van der Waals surface area contributed by atoms with Crippen LogP contribution in [0.5, 0.6) is 5.75 Å². The third-order valence-corrected chi connectivity index (χ3v) is 5.85. The molecular formula is C29H32N4O6. The van der Waals surface area contributed by atoms with Crippen molar-refractivity contribution in [2.24, 2.45) is 0 Å². The van der Waals surface area contributed by atoms with Gasteiger partial charge >= 0.3 is 12.0 Å². The number of Topliss-reactive ketones (excluding diaryl/α,β-unsaturated/α-hetero) is 1. The Labute approximate surface area is 226 Å². The van der Waals surface area contributed by atoms with E-state index in [0.717, 1.165) is 5.56 Å². The third kappa shape index (κ3) is 8.97. The second kappa shape index (κ2) is 13.7. The number of carbonyl (C=O) groups is 4. The summed E-state index contributed by atoms with van der Waals surface area (Å²) in [6, 6.07) is 18.3. The number of carbonyl (C=O) groups excluding carboxylic acids is 3. The van der Waals surface area contributed by atoms with Gasteiger partial charge in [0.2, 0.25) is 5.91 Å². The molecule has 0 saturated heterocycles. The average molecular weight is 533 g/mol. The first kappa shape index (κ1) is 28.9. The number of anilines is 3. The van der Waals surface area contributed by atoms with Crippen molar-refractivity contribution in [1.82, 2.24) is 5.32 Å². The minimum absolute atomic E-state index is 0.0611. The second-order valence-corrected chi connectivity index (χ2v) is 9.01. The van der Waals surface area contributed by atoms with E-state index < -0.39 is 18.0 Å². The SMILES string of the molecule is COc1cc(CC(=O)Nc2ccc([C@@H](CC(=O)O)NCC(C)=O)cc2)ccc1NC(=O)Nc1ccccc1C. The Morgan fingerprint density at radius 3 is 2.23 bits per heavy atom. The van der Waals surface area contributed by atoms with Crippen LogP contribution in [0.2, 0.25) is 0 Å². The van der Waals surface area contributed by atoms with Gasteiger partial charge in [-0.05, 0) is 60.9 Å². The minimum Gasteiger partial charge on any atom is -0.495 e. The maximum atomic E-state index is 12.7. The maximum Gasteiger partial charge on any atom is 0.323 e. The number of hydrogen-bond acceptors (Lipinski definition) is 6. The summed E-state index contributed by atoms with van der Waals surface area (Å²) in [7, 11) is 1.48. The molecule has 0 aliphatic heterocycles. The fraction of sp³-hybridized carbons (Fsp3) is 0.241. The first-order valence-corrected chi connectivity index (χ1v) is 12.3. The van der Waals surface area contributed by atoms with Gasteiger partial charge in [0, 0.05) is 17.4 Å². The van der Waals surface area contributed by atoms with Crippen molar-refractivity contribution >= 4 is 40.8 Å². The van der Waals surface area contributed by atoms with E-state index in [1.54, 1.807) is 48.5 Å². The normalized spacial score (nSPS) is 11.3. The molecule has 3 aromatic carbocycles. The Bertz CT molecular complexity index is 1340. The van der Waals surface area contributed by atoms with E-state index >= 15 is 0 Å². The lowest BCUT2D eigenvalue weighted by atomic mass is 10.0. The third-order valence-electron chi connectivity index (χ3n) is 5.85. The Morgan fingerprint density at radius 1 is 0.897 bits per heavy atom. The summed E-state index contributed by atoms with van der Waals surface area (Å²) in [4.78, 5) is 47.6. The fourth-order valence-corrected chi connectivity index (χ4v) is 3.88. The van der Waals surface area contributed by atoms with Crippen LogP contribution in [-0.4, -0.2) is 42.5 Å². The van der Waals surface area contributed by atoms with Crippen molar-refractivity contribution in [1.29, 1.82) is 0 Å². The molecule has 0 aromatic heterocycles. The lowest BCUT2D eigenvalue weighted by Crippen LogP contribution is -2.28. The van der Waals surface area contributed by atoms with Gasteiger partial charge in [-0.1, -0.05) is 36.4 Å². The summed E-state index contributed by atoms with van der Waals surface area (Å²) in [6.45, 7) is 3.38. The van der Waals surface area contributed by atoms with Gasteiger partial charge in [0.25, 0.3) is 0 Å². The lowest BCUT2D eigenvalue weighted by molar-refractivity contribution is -0.137. The molecule has 0 fully saturated rings. The fourth-order valence-electron chi connectivity index (χ4n) is 3.88. The Hall–Kier alpha value is -4.70. The van der Waals surface area contributed by atoms with Crippen LogP contribution in [0.1, 0.15) is 36.1 Å². The van der Waals surface area contributed by atoms with Gasteiger partial charge in [-0.2, -0.15) is 0 Å². The molecule has 10 nitrogen and oxygen atoms in total. The molecule has 0 heterocycles. The largest absolute Gasteiger partial charge is 0.495 e. The van der Waals surface area contributed by atoms with Crippen molar-refractivity contribution in [2.75, 3.05) is 29.6 Å². The number of nitrogens with one attached hydrogen (secondary N) is 4. The van der Waals surface area contributed by atoms with Gasteiger partial charge in [0.15, 0.2) is 0 Å². The quantitative estimate of drug-likeness (QED) is 0.230. The number of aliphatic carboxylic acids is 1. The molecule has 0 spiro atoms. The van der Waals surface area contributed by atoms with Crippen LogP contribution in [0.3, 0.4) is 0 Å². The van der Waals surface area contributed by atoms with Gasteiger partial charge < -0.3 is 31.1 Å². The number of rotatable bonds is 12. The molecule has 0 unspecified atom stereocenters. The monoisotopic (exact) mass is 532 g/mol. The highest BCUT2D eigenvalue weighted by Crippen LogP contribution is 2.27. The van der Waals surface area contributed by atoms with Crippen molar-refractivity contribution < 1.29 is 29.0 Å². The second-order valence-electron chi connectivity index (χ2n) is 9.01. The van der Waals surface area contributed by atoms with Crippen LogP contribution < -0.4 is 26.0 Å². The van der Waals surface area contributed by atoms with Crippen LogP contribution in [0, 0.1) is 6.92 Å². The standard InChI is InChI=1S/C29H32N4O6/c1-18-6-4-5-7-23(18)32-29(38)33-24-13-8-20(14-26(24)39-3)15-27(35)31-22-11-9-21(10-12-22)25(16-28(36)37)30-17-19(2)34/h4-14,25,30H,15-17H2,1-3H3,(H,31,35)(H,36,37)(H2,32,33,38)/t25-/m1/s1. The number of ketones is 1. The average Bonchev–Trinajstić information content (AvgIpc) is 2.89. The highest BCUT2D eigenvalue weighted by Gasteiger charge is 2.16. The Kier molecular flexibility index (Phi) is 10.2. The molecule has 0 aliphatic carbocycles. The maximum absolute atomic E-state index is 12.7. The number of carboxylic acid groups (broad SMARTS) is 1. The summed E-state index contributed by atoms with van der Waals surface area (Å²) in [5.74, 6) is -0.941. The van der Waals surface area contributed by atoms with Crippen molar-refractivity contribution in [3.05, 3.63) is 83.4 Å². The van der Waals surface area contributed by atoms with Crippen LogP contribution in [0.4, 0.5) is 21.9 Å². The lowest BCUT2D eigenvalue weighted by Gasteiger charge is -2.17. The number of aryl methyl sites for hydroxylation is 1. The van der Waals surface area contributed by atoms with Crippen LogP contribution in [-0.2, 0) is 20.8 Å².